The minimum atomic E-state index is -0.478. The van der Waals surface area contributed by atoms with Crippen molar-refractivity contribution in [1.29, 1.82) is 0 Å². The molecule has 3 aliphatic rings. The molecule has 3 fully saturated rings. The van der Waals surface area contributed by atoms with Gasteiger partial charge in [0.25, 0.3) is 0 Å². The summed E-state index contributed by atoms with van der Waals surface area (Å²) in [4.78, 5) is 2.61. The molecule has 2 N–H and O–H groups in total. The average molecular weight is 400 g/mol. The second-order valence-electron chi connectivity index (χ2n) is 9.60. The van der Waals surface area contributed by atoms with Gasteiger partial charge >= 0.3 is 0 Å². The van der Waals surface area contributed by atoms with E-state index in [1.54, 1.807) is 5.57 Å². The molecule has 1 saturated heterocycles. The number of allylic oxidation sites excluding steroid dienone is 2. The van der Waals surface area contributed by atoms with Crippen LogP contribution in [-0.4, -0.2) is 47.0 Å². The molecule has 6 atom stereocenters. The standard InChI is InChI=1S/C26H41NO2/c1-3-4-10-20(2)25(28)13-12-23-24-18-21(17-22(24)19-26(23)29)11-6-5-7-14-27-15-8-9-16-27/h11-13,20,22-26,28-29H,5-10,14-19H2,1-2H3/t20-,22+,23-,24+,25-,26-/m1/s1. The lowest BCUT2D eigenvalue weighted by Gasteiger charge is -2.19. The molecule has 3 nitrogen and oxygen atoms in total. The van der Waals surface area contributed by atoms with Crippen molar-refractivity contribution in [2.24, 2.45) is 23.7 Å². The lowest BCUT2D eigenvalue weighted by Crippen LogP contribution is -2.20. The predicted molar refractivity (Wildman–Crippen MR) is 120 cm³/mol. The van der Waals surface area contributed by atoms with Crippen LogP contribution in [0.4, 0.5) is 0 Å². The van der Waals surface area contributed by atoms with Gasteiger partial charge in [0.05, 0.1) is 12.2 Å². The van der Waals surface area contributed by atoms with Crippen molar-refractivity contribution in [3.63, 3.8) is 0 Å². The Hall–Kier alpha value is -1.08. The number of rotatable bonds is 9. The van der Waals surface area contributed by atoms with Gasteiger partial charge in [0.2, 0.25) is 0 Å². The highest BCUT2D eigenvalue weighted by Crippen LogP contribution is 2.50. The molecule has 0 aromatic heterocycles. The van der Waals surface area contributed by atoms with Gasteiger partial charge < -0.3 is 15.1 Å². The molecule has 162 valence electrons. The summed E-state index contributed by atoms with van der Waals surface area (Å²) in [7, 11) is 0. The van der Waals surface area contributed by atoms with Crippen molar-refractivity contribution < 1.29 is 10.2 Å². The molecule has 0 aromatic carbocycles. The normalized spacial score (nSPS) is 33.2. The summed E-state index contributed by atoms with van der Waals surface area (Å²) in [5, 5.41) is 20.9. The largest absolute Gasteiger partial charge is 0.392 e. The zero-order valence-corrected chi connectivity index (χ0v) is 18.5. The zero-order chi connectivity index (χ0) is 20.6. The van der Waals surface area contributed by atoms with Crippen molar-refractivity contribution in [2.45, 2.75) is 83.8 Å². The molecule has 1 heterocycles. The predicted octanol–water partition coefficient (Wildman–Crippen LogP) is 4.55. The first-order valence-corrected chi connectivity index (χ1v) is 11.9. The molecule has 1 aliphatic heterocycles. The number of hydrogen-bond acceptors (Lipinski definition) is 3. The first kappa shape index (κ1) is 22.6. The maximum atomic E-state index is 10.5. The van der Waals surface area contributed by atoms with Gasteiger partial charge in [0.15, 0.2) is 0 Å². The summed E-state index contributed by atoms with van der Waals surface area (Å²) in [6.45, 7) is 7.76. The van der Waals surface area contributed by atoms with E-state index in [-0.39, 0.29) is 17.9 Å². The van der Waals surface area contributed by atoms with Crippen LogP contribution in [0.1, 0.15) is 71.6 Å². The van der Waals surface area contributed by atoms with Crippen LogP contribution < -0.4 is 0 Å². The molecule has 2 aliphatic carbocycles. The molecular weight excluding hydrogens is 358 g/mol. The van der Waals surface area contributed by atoms with Crippen LogP contribution in [0.15, 0.2) is 23.8 Å². The molecule has 0 aromatic rings. The van der Waals surface area contributed by atoms with Crippen LogP contribution in [0.25, 0.3) is 0 Å². The molecule has 3 rings (SSSR count). The third-order valence-electron chi connectivity index (χ3n) is 7.39. The third-order valence-corrected chi connectivity index (χ3v) is 7.39. The molecule has 2 saturated carbocycles. The van der Waals surface area contributed by atoms with Gasteiger partial charge in [-0.15, -0.1) is 11.8 Å². The van der Waals surface area contributed by atoms with Crippen molar-refractivity contribution >= 4 is 0 Å². The zero-order valence-electron chi connectivity index (χ0n) is 18.5. The highest BCUT2D eigenvalue weighted by molar-refractivity contribution is 5.18. The molecule has 29 heavy (non-hydrogen) atoms. The minimum absolute atomic E-state index is 0.132. The molecular formula is C26H41NO2. The summed E-state index contributed by atoms with van der Waals surface area (Å²) in [6.07, 6.45) is 16.3. The Labute approximate surface area is 178 Å². The van der Waals surface area contributed by atoms with E-state index in [4.69, 9.17) is 0 Å². The van der Waals surface area contributed by atoms with Gasteiger partial charge in [-0.25, -0.2) is 0 Å². The summed E-state index contributed by atoms with van der Waals surface area (Å²) in [5.74, 6) is 7.45. The van der Waals surface area contributed by atoms with Crippen LogP contribution in [-0.2, 0) is 0 Å². The molecule has 0 radical (unpaired) electrons. The van der Waals surface area contributed by atoms with Crippen LogP contribution >= 0.6 is 0 Å². The van der Waals surface area contributed by atoms with E-state index in [2.05, 4.69) is 28.9 Å². The third kappa shape index (κ3) is 6.45. The average Bonchev–Trinajstić information content (AvgIpc) is 3.41. The first-order valence-electron chi connectivity index (χ1n) is 11.9. The smallest absolute Gasteiger partial charge is 0.0755 e. The van der Waals surface area contributed by atoms with Gasteiger partial charge in [-0.3, -0.25) is 0 Å². The van der Waals surface area contributed by atoms with E-state index in [0.717, 1.165) is 12.8 Å². The molecule has 0 bridgehead atoms. The molecule has 0 unspecified atom stereocenters. The van der Waals surface area contributed by atoms with Crippen molar-refractivity contribution in [3.05, 3.63) is 23.8 Å². The van der Waals surface area contributed by atoms with Gasteiger partial charge in [0.1, 0.15) is 0 Å². The fourth-order valence-electron chi connectivity index (χ4n) is 5.55. The van der Waals surface area contributed by atoms with E-state index in [0.29, 0.717) is 18.3 Å². The van der Waals surface area contributed by atoms with E-state index in [1.165, 1.54) is 58.2 Å². The Morgan fingerprint density at radius 2 is 2.00 bits per heavy atom. The molecule has 0 amide bonds. The highest BCUT2D eigenvalue weighted by Gasteiger charge is 2.44. The van der Waals surface area contributed by atoms with Gasteiger partial charge in [-0.05, 0) is 95.7 Å². The Bertz CT molecular complexity index is 622. The topological polar surface area (TPSA) is 43.7 Å². The summed E-state index contributed by atoms with van der Waals surface area (Å²) in [6, 6.07) is 0. The van der Waals surface area contributed by atoms with Crippen molar-refractivity contribution in [1.82, 2.24) is 4.90 Å². The number of hydrogen-bond donors (Lipinski definition) is 2. The van der Waals surface area contributed by atoms with Gasteiger partial charge in [-0.1, -0.05) is 30.7 Å². The summed E-state index contributed by atoms with van der Waals surface area (Å²) >= 11 is 0. The van der Waals surface area contributed by atoms with E-state index in [9.17, 15) is 10.2 Å². The SMILES string of the molecule is CC#CC[C@@H](C)[C@H](O)C=C[C@@H]1[C@H]2CC(=CCCCCN3CCCC3)C[C@H]2C[C@H]1O. The number of aliphatic hydroxyl groups excluding tert-OH is 2. The minimum Gasteiger partial charge on any atom is -0.392 e. The Balaban J connectivity index is 1.43. The van der Waals surface area contributed by atoms with Gasteiger partial charge in [0, 0.05) is 12.3 Å². The fraction of sp³-hybridized carbons (Fsp3) is 0.769. The number of nitrogens with zero attached hydrogens (tertiary/aromatic N) is 1. The molecule has 0 spiro atoms. The maximum Gasteiger partial charge on any atom is 0.0755 e. The van der Waals surface area contributed by atoms with Crippen LogP contribution in [0.3, 0.4) is 0 Å². The number of fused-ring (bicyclic) bond motifs is 1. The number of likely N-dealkylation sites (tertiary alicyclic amines) is 1. The lowest BCUT2D eigenvalue weighted by molar-refractivity contribution is 0.137. The molecule has 3 heteroatoms. The Kier molecular flexibility index (Phi) is 8.85. The Morgan fingerprint density at radius 1 is 1.21 bits per heavy atom. The lowest BCUT2D eigenvalue weighted by atomic mass is 9.89. The summed E-state index contributed by atoms with van der Waals surface area (Å²) < 4.78 is 0. The maximum absolute atomic E-state index is 10.5. The van der Waals surface area contributed by atoms with Crippen LogP contribution in [0.2, 0.25) is 0 Å². The number of aliphatic hydroxyl groups is 2. The van der Waals surface area contributed by atoms with Crippen LogP contribution in [0.5, 0.6) is 0 Å². The Morgan fingerprint density at radius 3 is 2.76 bits per heavy atom. The second-order valence-corrected chi connectivity index (χ2v) is 9.60. The van der Waals surface area contributed by atoms with Crippen molar-refractivity contribution in [2.75, 3.05) is 19.6 Å². The highest BCUT2D eigenvalue weighted by atomic mass is 16.3. The quantitative estimate of drug-likeness (QED) is 0.339. The van der Waals surface area contributed by atoms with E-state index < -0.39 is 6.10 Å². The number of unbranched alkanes of at least 4 members (excludes halogenated alkanes) is 2. The first-order chi connectivity index (χ1) is 14.1. The van der Waals surface area contributed by atoms with Crippen LogP contribution in [0, 0.1) is 35.5 Å². The fourth-order valence-corrected chi connectivity index (χ4v) is 5.55. The summed E-state index contributed by atoms with van der Waals surface area (Å²) in [5.41, 5.74) is 1.61. The monoisotopic (exact) mass is 399 g/mol. The van der Waals surface area contributed by atoms with Crippen molar-refractivity contribution in [3.8, 4) is 11.8 Å². The van der Waals surface area contributed by atoms with E-state index >= 15 is 0 Å². The van der Waals surface area contributed by atoms with Gasteiger partial charge in [-0.2, -0.15) is 0 Å². The van der Waals surface area contributed by atoms with E-state index in [1.807, 2.05) is 19.9 Å². The second kappa shape index (κ2) is 11.3.